The van der Waals surface area contributed by atoms with Crippen molar-refractivity contribution < 1.29 is 9.53 Å². The molecule has 3 nitrogen and oxygen atoms in total. The van der Waals surface area contributed by atoms with E-state index in [1.54, 1.807) is 0 Å². The normalized spacial score (nSPS) is 22.1. The Morgan fingerprint density at radius 2 is 1.76 bits per heavy atom. The molecule has 1 amide bonds. The molecule has 138 valence electrons. The summed E-state index contributed by atoms with van der Waals surface area (Å²) in [5.41, 5.74) is 1.22. The highest BCUT2D eigenvalue weighted by Gasteiger charge is 2.24. The molecule has 1 heterocycles. The van der Waals surface area contributed by atoms with Crippen LogP contribution < -0.4 is 0 Å². The summed E-state index contributed by atoms with van der Waals surface area (Å²) in [5.74, 6) is 1.67. The molecule has 0 N–H and O–H groups in total. The highest BCUT2D eigenvalue weighted by atomic mass is 16.5. The zero-order valence-corrected chi connectivity index (χ0v) is 15.5. The van der Waals surface area contributed by atoms with Gasteiger partial charge in [-0.15, -0.1) is 0 Å². The molecule has 2 fully saturated rings. The number of hydrogen-bond donors (Lipinski definition) is 0. The SMILES string of the molecule is O=C(CCC1CCCCC1)N1CCCC(COCc2ccccc2)C1. The van der Waals surface area contributed by atoms with E-state index in [0.717, 1.165) is 44.9 Å². The van der Waals surface area contributed by atoms with Crippen LogP contribution in [0.3, 0.4) is 0 Å². The molecular formula is C22H33NO2. The maximum Gasteiger partial charge on any atom is 0.222 e. The van der Waals surface area contributed by atoms with Gasteiger partial charge >= 0.3 is 0 Å². The van der Waals surface area contributed by atoms with Crippen molar-refractivity contribution in [3.63, 3.8) is 0 Å². The van der Waals surface area contributed by atoms with Gasteiger partial charge in [0.05, 0.1) is 13.2 Å². The highest BCUT2D eigenvalue weighted by molar-refractivity contribution is 5.76. The summed E-state index contributed by atoms with van der Waals surface area (Å²) in [7, 11) is 0. The summed E-state index contributed by atoms with van der Waals surface area (Å²) in [6.07, 6.45) is 10.9. The highest BCUT2D eigenvalue weighted by Crippen LogP contribution is 2.28. The van der Waals surface area contributed by atoms with Gasteiger partial charge in [0.25, 0.3) is 0 Å². The lowest BCUT2D eigenvalue weighted by molar-refractivity contribution is -0.133. The van der Waals surface area contributed by atoms with Crippen LogP contribution in [-0.4, -0.2) is 30.5 Å². The Labute approximate surface area is 152 Å². The molecule has 1 atom stereocenters. The van der Waals surface area contributed by atoms with Crippen LogP contribution >= 0.6 is 0 Å². The second-order valence-corrected chi connectivity index (χ2v) is 7.89. The predicted octanol–water partition coefficient (Wildman–Crippen LogP) is 4.80. The summed E-state index contributed by atoms with van der Waals surface area (Å²) in [6, 6.07) is 10.3. The van der Waals surface area contributed by atoms with Gasteiger partial charge in [0.1, 0.15) is 0 Å². The predicted molar refractivity (Wildman–Crippen MR) is 101 cm³/mol. The molecule has 1 unspecified atom stereocenters. The Morgan fingerprint density at radius 1 is 1.00 bits per heavy atom. The summed E-state index contributed by atoms with van der Waals surface area (Å²) in [4.78, 5) is 14.7. The molecule has 1 aromatic carbocycles. The van der Waals surface area contributed by atoms with Crippen molar-refractivity contribution in [2.75, 3.05) is 19.7 Å². The molecular weight excluding hydrogens is 310 g/mol. The van der Waals surface area contributed by atoms with Gasteiger partial charge < -0.3 is 9.64 Å². The molecule has 1 saturated carbocycles. The van der Waals surface area contributed by atoms with E-state index in [0.29, 0.717) is 18.4 Å². The van der Waals surface area contributed by atoms with Gasteiger partial charge in [0.2, 0.25) is 5.91 Å². The number of amides is 1. The fourth-order valence-corrected chi connectivity index (χ4v) is 4.31. The molecule has 25 heavy (non-hydrogen) atoms. The third kappa shape index (κ3) is 6.14. The topological polar surface area (TPSA) is 29.5 Å². The van der Waals surface area contributed by atoms with E-state index in [4.69, 9.17) is 4.74 Å². The van der Waals surface area contributed by atoms with Crippen LogP contribution in [0.15, 0.2) is 30.3 Å². The molecule has 0 aromatic heterocycles. The van der Waals surface area contributed by atoms with Gasteiger partial charge in [-0.3, -0.25) is 4.79 Å². The zero-order valence-electron chi connectivity index (χ0n) is 15.5. The van der Waals surface area contributed by atoms with Crippen molar-refractivity contribution >= 4 is 5.91 Å². The fourth-order valence-electron chi connectivity index (χ4n) is 4.31. The number of rotatable bonds is 7. The number of likely N-dealkylation sites (tertiary alicyclic amines) is 1. The van der Waals surface area contributed by atoms with Crippen LogP contribution in [0.1, 0.15) is 63.4 Å². The van der Waals surface area contributed by atoms with Crippen molar-refractivity contribution in [2.24, 2.45) is 11.8 Å². The Hall–Kier alpha value is -1.35. The van der Waals surface area contributed by atoms with Crippen molar-refractivity contribution in [3.05, 3.63) is 35.9 Å². The number of carbonyl (C=O) groups is 1. The number of ether oxygens (including phenoxy) is 1. The van der Waals surface area contributed by atoms with Crippen molar-refractivity contribution in [2.45, 2.75) is 64.4 Å². The molecule has 0 spiro atoms. The van der Waals surface area contributed by atoms with Crippen LogP contribution in [0.25, 0.3) is 0 Å². The lowest BCUT2D eigenvalue weighted by Crippen LogP contribution is -2.41. The molecule has 1 saturated heterocycles. The van der Waals surface area contributed by atoms with E-state index in [2.05, 4.69) is 17.0 Å². The summed E-state index contributed by atoms with van der Waals surface area (Å²) in [5, 5.41) is 0. The molecule has 0 radical (unpaired) electrons. The van der Waals surface area contributed by atoms with Crippen LogP contribution in [0.4, 0.5) is 0 Å². The second-order valence-electron chi connectivity index (χ2n) is 7.89. The first-order chi connectivity index (χ1) is 12.3. The first-order valence-corrected chi connectivity index (χ1v) is 10.2. The summed E-state index contributed by atoms with van der Waals surface area (Å²) >= 11 is 0. The molecule has 3 rings (SSSR count). The zero-order chi connectivity index (χ0) is 17.3. The Balaban J connectivity index is 1.35. The number of benzene rings is 1. The number of nitrogens with zero attached hydrogens (tertiary/aromatic N) is 1. The number of carbonyl (C=O) groups excluding carboxylic acids is 1. The minimum atomic E-state index is 0.373. The van der Waals surface area contributed by atoms with E-state index in [1.807, 2.05) is 18.2 Å². The van der Waals surface area contributed by atoms with Gasteiger partial charge in [-0.25, -0.2) is 0 Å². The molecule has 0 bridgehead atoms. The summed E-state index contributed by atoms with van der Waals surface area (Å²) in [6.45, 7) is 3.27. The Bertz CT molecular complexity index is 510. The quantitative estimate of drug-likeness (QED) is 0.711. The van der Waals surface area contributed by atoms with E-state index in [-0.39, 0.29) is 0 Å². The van der Waals surface area contributed by atoms with Gasteiger partial charge in [-0.05, 0) is 36.7 Å². The van der Waals surface area contributed by atoms with Crippen LogP contribution in [-0.2, 0) is 16.1 Å². The standard InChI is InChI=1S/C22H33NO2/c24-22(14-13-19-8-3-1-4-9-19)23-15-7-12-21(16-23)18-25-17-20-10-5-2-6-11-20/h2,5-6,10-11,19,21H,1,3-4,7-9,12-18H2. The minimum Gasteiger partial charge on any atom is -0.376 e. The van der Waals surface area contributed by atoms with Crippen LogP contribution in [0.5, 0.6) is 0 Å². The molecule has 2 aliphatic rings. The smallest absolute Gasteiger partial charge is 0.222 e. The molecule has 1 aliphatic heterocycles. The monoisotopic (exact) mass is 343 g/mol. The first-order valence-electron chi connectivity index (χ1n) is 10.2. The first kappa shape index (κ1) is 18.4. The molecule has 1 aliphatic carbocycles. The second kappa shape index (κ2) is 9.96. The fraction of sp³-hybridized carbons (Fsp3) is 0.682. The van der Waals surface area contributed by atoms with E-state index >= 15 is 0 Å². The van der Waals surface area contributed by atoms with E-state index < -0.39 is 0 Å². The van der Waals surface area contributed by atoms with Gasteiger partial charge in [0, 0.05) is 19.5 Å². The summed E-state index contributed by atoms with van der Waals surface area (Å²) < 4.78 is 5.90. The van der Waals surface area contributed by atoms with Crippen LogP contribution in [0, 0.1) is 11.8 Å². The maximum absolute atomic E-state index is 12.6. The number of hydrogen-bond acceptors (Lipinski definition) is 2. The molecule has 1 aromatic rings. The third-order valence-corrected chi connectivity index (χ3v) is 5.83. The van der Waals surface area contributed by atoms with Crippen molar-refractivity contribution in [1.29, 1.82) is 0 Å². The van der Waals surface area contributed by atoms with E-state index in [9.17, 15) is 4.79 Å². The van der Waals surface area contributed by atoms with Gasteiger partial charge in [-0.1, -0.05) is 62.4 Å². The lowest BCUT2D eigenvalue weighted by Gasteiger charge is -2.33. The van der Waals surface area contributed by atoms with E-state index in [1.165, 1.54) is 44.1 Å². The maximum atomic E-state index is 12.6. The third-order valence-electron chi connectivity index (χ3n) is 5.83. The Kier molecular flexibility index (Phi) is 7.35. The average molecular weight is 344 g/mol. The van der Waals surface area contributed by atoms with Gasteiger partial charge in [-0.2, -0.15) is 0 Å². The lowest BCUT2D eigenvalue weighted by atomic mass is 9.86. The minimum absolute atomic E-state index is 0.373. The largest absolute Gasteiger partial charge is 0.376 e. The van der Waals surface area contributed by atoms with Crippen molar-refractivity contribution in [3.8, 4) is 0 Å². The van der Waals surface area contributed by atoms with Crippen molar-refractivity contribution in [1.82, 2.24) is 4.90 Å². The van der Waals surface area contributed by atoms with Gasteiger partial charge in [0.15, 0.2) is 0 Å². The molecule has 3 heteroatoms. The number of piperidine rings is 1. The Morgan fingerprint density at radius 3 is 2.56 bits per heavy atom. The average Bonchev–Trinajstić information content (AvgIpc) is 2.68. The van der Waals surface area contributed by atoms with Crippen LogP contribution in [0.2, 0.25) is 0 Å².